The number of carbonyl (C=O) groups is 2. The zero-order valence-electron chi connectivity index (χ0n) is 18.5. The first-order valence-electron chi connectivity index (χ1n) is 10.6. The van der Waals surface area contributed by atoms with Crippen molar-refractivity contribution < 1.29 is 14.3 Å². The molecule has 0 spiro atoms. The third kappa shape index (κ3) is 5.88. The van der Waals surface area contributed by atoms with Crippen molar-refractivity contribution in [1.29, 1.82) is 0 Å². The number of aliphatic imine (C=N–C) groups is 1. The van der Waals surface area contributed by atoms with E-state index in [1.165, 1.54) is 17.3 Å². The Bertz CT molecular complexity index is 973. The molecule has 0 aromatic heterocycles. The quantitative estimate of drug-likeness (QED) is 0.623. The molecule has 1 aliphatic heterocycles. The summed E-state index contributed by atoms with van der Waals surface area (Å²) in [7, 11) is 0. The highest BCUT2D eigenvalue weighted by atomic mass is 32.2. The number of ether oxygens (including phenoxy) is 1. The normalized spacial score (nSPS) is 17.3. The largest absolute Gasteiger partial charge is 0.494 e. The summed E-state index contributed by atoms with van der Waals surface area (Å²) in [4.78, 5) is 31.7. The zero-order chi connectivity index (χ0) is 22.4. The van der Waals surface area contributed by atoms with E-state index in [1.807, 2.05) is 44.2 Å². The predicted molar refractivity (Wildman–Crippen MR) is 127 cm³/mol. The minimum atomic E-state index is -0.475. The van der Waals surface area contributed by atoms with Gasteiger partial charge in [-0.15, -0.1) is 0 Å². The fourth-order valence-electron chi connectivity index (χ4n) is 3.16. The topological polar surface area (TPSA) is 71.0 Å². The maximum absolute atomic E-state index is 12.8. The van der Waals surface area contributed by atoms with Gasteiger partial charge in [-0.2, -0.15) is 0 Å². The first-order chi connectivity index (χ1) is 14.9. The van der Waals surface area contributed by atoms with Gasteiger partial charge in [-0.25, -0.2) is 4.99 Å². The van der Waals surface area contributed by atoms with Gasteiger partial charge in [0, 0.05) is 18.7 Å². The Morgan fingerprint density at radius 2 is 1.87 bits per heavy atom. The van der Waals surface area contributed by atoms with Gasteiger partial charge >= 0.3 is 0 Å². The van der Waals surface area contributed by atoms with Crippen LogP contribution in [0.25, 0.3) is 0 Å². The lowest BCUT2D eigenvalue weighted by atomic mass is 10.1. The molecule has 2 amide bonds. The van der Waals surface area contributed by atoms with Crippen molar-refractivity contribution in [2.45, 2.75) is 45.8 Å². The van der Waals surface area contributed by atoms with E-state index in [-0.39, 0.29) is 18.2 Å². The van der Waals surface area contributed by atoms with E-state index in [2.05, 4.69) is 24.2 Å². The minimum Gasteiger partial charge on any atom is -0.494 e. The van der Waals surface area contributed by atoms with Crippen LogP contribution in [0.3, 0.4) is 0 Å². The number of hydrogen-bond acceptors (Lipinski definition) is 5. The molecule has 6 nitrogen and oxygen atoms in total. The molecular weight excluding hydrogens is 410 g/mol. The van der Waals surface area contributed by atoms with Crippen LogP contribution in [0.5, 0.6) is 5.75 Å². The summed E-state index contributed by atoms with van der Waals surface area (Å²) in [6, 6.07) is 13.2. The Balaban J connectivity index is 1.64. The molecule has 1 heterocycles. The number of rotatable bonds is 8. The van der Waals surface area contributed by atoms with Gasteiger partial charge < -0.3 is 10.1 Å². The lowest BCUT2D eigenvalue weighted by Crippen LogP contribution is -2.33. The van der Waals surface area contributed by atoms with Gasteiger partial charge in [0.05, 0.1) is 12.3 Å². The lowest BCUT2D eigenvalue weighted by Gasteiger charge is -2.13. The first-order valence-corrected chi connectivity index (χ1v) is 11.5. The van der Waals surface area contributed by atoms with E-state index < -0.39 is 5.25 Å². The molecule has 1 saturated heterocycles. The summed E-state index contributed by atoms with van der Waals surface area (Å²) in [5.74, 6) is 0.497. The van der Waals surface area contributed by atoms with E-state index in [1.54, 1.807) is 17.0 Å². The average molecular weight is 440 g/mol. The SMILES string of the molecule is CCCOc1ccc(NC(=O)C[C@@H]2SC(=Nc3ccc(C)c(C)c3)N(CC)C2=O)cc1. The van der Waals surface area contributed by atoms with Gasteiger partial charge in [0.1, 0.15) is 11.0 Å². The van der Waals surface area contributed by atoms with E-state index >= 15 is 0 Å². The van der Waals surface area contributed by atoms with E-state index in [9.17, 15) is 9.59 Å². The molecule has 1 fully saturated rings. The fraction of sp³-hybridized carbons (Fsp3) is 0.375. The van der Waals surface area contributed by atoms with Crippen molar-refractivity contribution in [2.75, 3.05) is 18.5 Å². The fourth-order valence-corrected chi connectivity index (χ4v) is 4.38. The van der Waals surface area contributed by atoms with Crippen molar-refractivity contribution in [1.82, 2.24) is 4.90 Å². The summed E-state index contributed by atoms with van der Waals surface area (Å²) in [5.41, 5.74) is 3.85. The molecule has 0 bridgehead atoms. The lowest BCUT2D eigenvalue weighted by molar-refractivity contribution is -0.128. The van der Waals surface area contributed by atoms with Gasteiger partial charge in [0.2, 0.25) is 11.8 Å². The number of benzene rings is 2. The highest BCUT2D eigenvalue weighted by Crippen LogP contribution is 2.32. The Hall–Kier alpha value is -2.80. The highest BCUT2D eigenvalue weighted by molar-refractivity contribution is 8.15. The smallest absolute Gasteiger partial charge is 0.242 e. The monoisotopic (exact) mass is 439 g/mol. The van der Waals surface area contributed by atoms with Crippen LogP contribution in [0, 0.1) is 13.8 Å². The van der Waals surface area contributed by atoms with E-state index in [0.29, 0.717) is 24.0 Å². The Morgan fingerprint density at radius 3 is 2.52 bits per heavy atom. The maximum Gasteiger partial charge on any atom is 0.242 e. The van der Waals surface area contributed by atoms with Crippen molar-refractivity contribution in [3.8, 4) is 5.75 Å². The number of carbonyl (C=O) groups excluding carboxylic acids is 2. The molecule has 2 aromatic carbocycles. The number of nitrogens with one attached hydrogen (secondary N) is 1. The van der Waals surface area contributed by atoms with E-state index in [0.717, 1.165) is 23.4 Å². The molecule has 0 radical (unpaired) electrons. The number of amidine groups is 1. The van der Waals surface area contributed by atoms with Crippen LogP contribution in [-0.4, -0.2) is 40.3 Å². The van der Waals surface area contributed by atoms with Crippen molar-refractivity contribution >= 4 is 40.1 Å². The average Bonchev–Trinajstić information content (AvgIpc) is 3.04. The molecule has 31 heavy (non-hydrogen) atoms. The molecule has 0 saturated carbocycles. The zero-order valence-corrected chi connectivity index (χ0v) is 19.3. The Labute approximate surface area is 188 Å². The minimum absolute atomic E-state index is 0.0754. The van der Waals surface area contributed by atoms with Gasteiger partial charge in [-0.1, -0.05) is 24.8 Å². The number of aryl methyl sites for hydroxylation is 2. The summed E-state index contributed by atoms with van der Waals surface area (Å²) in [6.45, 7) is 9.24. The first kappa shape index (κ1) is 22.9. The molecule has 1 N–H and O–H groups in total. The molecule has 7 heteroatoms. The number of thioether (sulfide) groups is 1. The molecule has 0 aliphatic carbocycles. The maximum atomic E-state index is 12.8. The van der Waals surface area contributed by atoms with Crippen molar-refractivity contribution in [3.63, 3.8) is 0 Å². The molecule has 164 valence electrons. The number of nitrogens with zero attached hydrogens (tertiary/aromatic N) is 2. The molecular formula is C24H29N3O3S. The third-order valence-corrected chi connectivity index (χ3v) is 6.21. The Kier molecular flexibility index (Phi) is 7.74. The molecule has 1 aliphatic rings. The highest BCUT2D eigenvalue weighted by Gasteiger charge is 2.38. The van der Waals surface area contributed by atoms with Gasteiger partial charge in [0.15, 0.2) is 5.17 Å². The van der Waals surface area contributed by atoms with Gasteiger partial charge in [-0.3, -0.25) is 14.5 Å². The number of anilines is 1. The standard InChI is InChI=1S/C24H29N3O3S/c1-5-13-30-20-11-9-18(10-12-20)25-22(28)15-21-23(29)27(6-2)24(31-21)26-19-8-7-16(3)17(4)14-19/h7-12,14,21H,5-6,13,15H2,1-4H3,(H,25,28)/t21-/m0/s1. The molecule has 1 atom stereocenters. The van der Waals surface area contributed by atoms with Crippen LogP contribution in [0.4, 0.5) is 11.4 Å². The second kappa shape index (κ2) is 10.5. The molecule has 0 unspecified atom stereocenters. The van der Waals surface area contributed by atoms with Crippen LogP contribution < -0.4 is 10.1 Å². The van der Waals surface area contributed by atoms with Crippen LogP contribution in [0.2, 0.25) is 0 Å². The summed E-state index contributed by atoms with van der Waals surface area (Å²) < 4.78 is 5.56. The third-order valence-electron chi connectivity index (χ3n) is 5.03. The van der Waals surface area contributed by atoms with Crippen LogP contribution in [0.15, 0.2) is 47.5 Å². The van der Waals surface area contributed by atoms with Gasteiger partial charge in [-0.05, 0) is 74.7 Å². The summed E-state index contributed by atoms with van der Waals surface area (Å²) in [5, 5.41) is 3.04. The number of hydrogen-bond donors (Lipinski definition) is 1. The van der Waals surface area contributed by atoms with Crippen molar-refractivity contribution in [2.24, 2.45) is 4.99 Å². The van der Waals surface area contributed by atoms with Crippen LogP contribution in [0.1, 0.15) is 37.8 Å². The Morgan fingerprint density at radius 1 is 1.13 bits per heavy atom. The van der Waals surface area contributed by atoms with E-state index in [4.69, 9.17) is 4.74 Å². The molecule has 2 aromatic rings. The summed E-state index contributed by atoms with van der Waals surface area (Å²) in [6.07, 6.45) is 1.04. The van der Waals surface area contributed by atoms with Crippen molar-refractivity contribution in [3.05, 3.63) is 53.6 Å². The second-order valence-electron chi connectivity index (χ2n) is 7.48. The molecule has 3 rings (SSSR count). The van der Waals surface area contributed by atoms with Crippen LogP contribution in [-0.2, 0) is 9.59 Å². The van der Waals surface area contributed by atoms with Gasteiger partial charge in [0.25, 0.3) is 0 Å². The second-order valence-corrected chi connectivity index (χ2v) is 8.65. The van der Waals surface area contributed by atoms with Crippen LogP contribution >= 0.6 is 11.8 Å². The predicted octanol–water partition coefficient (Wildman–Crippen LogP) is 5.07. The summed E-state index contributed by atoms with van der Waals surface area (Å²) >= 11 is 1.35. The number of amides is 2.